The monoisotopic (exact) mass is 387 g/mol. The number of carbonyl (C=O) groups excluding carboxylic acids is 1. The molecule has 0 aliphatic rings. The van der Waals surface area contributed by atoms with Gasteiger partial charge in [-0.15, -0.1) is 0 Å². The Balaban J connectivity index is 2.93. The maximum Gasteiger partial charge on any atom is 0.546 e. The Labute approximate surface area is 142 Å². The van der Waals surface area contributed by atoms with Crippen LogP contribution in [-0.2, 0) is 16.0 Å². The van der Waals surface area contributed by atoms with Gasteiger partial charge in [-0.1, -0.05) is 28.1 Å². The van der Waals surface area contributed by atoms with Crippen LogP contribution in [0.5, 0.6) is 0 Å². The SMILES string of the molecule is CC(C)(C)OC(O)=[NH+][C@@H](Cc1ccc([N+](=O)[O-])cc1)C(=O)CBr. The topological polar surface area (TPSA) is 104 Å². The first-order valence-corrected chi connectivity index (χ1v) is 8.08. The van der Waals surface area contributed by atoms with Gasteiger partial charge in [0.25, 0.3) is 5.69 Å². The third kappa shape index (κ3) is 6.77. The van der Waals surface area contributed by atoms with Crippen molar-refractivity contribution in [2.24, 2.45) is 0 Å². The highest BCUT2D eigenvalue weighted by Gasteiger charge is 2.26. The predicted molar refractivity (Wildman–Crippen MR) is 88.8 cm³/mol. The molecule has 0 unspecified atom stereocenters. The number of ether oxygens (including phenoxy) is 1. The minimum absolute atomic E-state index is 0.0180. The molecule has 1 atom stereocenters. The normalized spacial score (nSPS) is 13.5. The number of hydrogen-bond donors (Lipinski definition) is 2. The number of nitrogens with one attached hydrogen (secondary N) is 1. The average Bonchev–Trinajstić information content (AvgIpc) is 2.44. The van der Waals surface area contributed by atoms with E-state index >= 15 is 0 Å². The molecule has 7 nitrogen and oxygen atoms in total. The Kier molecular flexibility index (Phi) is 6.68. The van der Waals surface area contributed by atoms with Gasteiger partial charge < -0.3 is 9.84 Å². The fraction of sp³-hybridized carbons (Fsp3) is 0.467. The van der Waals surface area contributed by atoms with Crippen molar-refractivity contribution in [2.75, 3.05) is 5.33 Å². The van der Waals surface area contributed by atoms with E-state index in [1.807, 2.05) is 0 Å². The van der Waals surface area contributed by atoms with Crippen molar-refractivity contribution in [3.8, 4) is 0 Å². The molecule has 0 bridgehead atoms. The summed E-state index contributed by atoms with van der Waals surface area (Å²) in [5.41, 5.74) is 0.105. The molecule has 0 saturated carbocycles. The molecule has 0 amide bonds. The number of nitro groups is 1. The van der Waals surface area contributed by atoms with E-state index in [1.165, 1.54) is 12.1 Å². The molecule has 0 fully saturated rings. The molecule has 1 aromatic rings. The number of alkyl halides is 1. The Morgan fingerprint density at radius 1 is 1.39 bits per heavy atom. The highest BCUT2D eigenvalue weighted by Crippen LogP contribution is 2.13. The Hall–Kier alpha value is -1.96. The van der Waals surface area contributed by atoms with Crippen LogP contribution in [-0.4, -0.2) is 38.9 Å². The van der Waals surface area contributed by atoms with Crippen LogP contribution in [0.2, 0.25) is 0 Å². The largest absolute Gasteiger partial charge is 0.546 e. The predicted octanol–water partition coefficient (Wildman–Crippen LogP) is 1.28. The molecule has 0 aliphatic heterocycles. The molecule has 8 heteroatoms. The van der Waals surface area contributed by atoms with Crippen LogP contribution in [0.3, 0.4) is 0 Å². The second kappa shape index (κ2) is 8.05. The summed E-state index contributed by atoms with van der Waals surface area (Å²) in [6.45, 7) is 5.30. The van der Waals surface area contributed by atoms with Gasteiger partial charge in [0, 0.05) is 18.6 Å². The molecular formula is C15H20BrN2O5+. The van der Waals surface area contributed by atoms with Crippen LogP contribution in [0.4, 0.5) is 5.69 Å². The zero-order valence-electron chi connectivity index (χ0n) is 13.2. The molecule has 1 rings (SSSR count). The minimum Gasteiger partial charge on any atom is -0.430 e. The number of rotatable bonds is 6. The smallest absolute Gasteiger partial charge is 0.430 e. The molecule has 126 valence electrons. The van der Waals surface area contributed by atoms with Crippen molar-refractivity contribution in [1.82, 2.24) is 0 Å². The number of nitro benzene ring substituents is 1. The molecular weight excluding hydrogens is 368 g/mol. The van der Waals surface area contributed by atoms with Crippen LogP contribution in [0, 0.1) is 10.1 Å². The second-order valence-corrected chi connectivity index (χ2v) is 6.50. The maximum atomic E-state index is 12.0. The van der Waals surface area contributed by atoms with E-state index < -0.39 is 22.7 Å². The number of aliphatic hydroxyl groups excluding tert-OH is 1. The average molecular weight is 388 g/mol. The van der Waals surface area contributed by atoms with Gasteiger partial charge in [-0.25, -0.2) is 0 Å². The molecule has 0 radical (unpaired) electrons. The highest BCUT2D eigenvalue weighted by molar-refractivity contribution is 9.09. The second-order valence-electron chi connectivity index (χ2n) is 5.94. The summed E-state index contributed by atoms with van der Waals surface area (Å²) >= 11 is 3.10. The number of aliphatic hydroxyl groups is 1. The molecule has 2 N–H and O–H groups in total. The maximum absolute atomic E-state index is 12.0. The molecule has 0 spiro atoms. The molecule has 23 heavy (non-hydrogen) atoms. The number of benzene rings is 1. The van der Waals surface area contributed by atoms with Crippen molar-refractivity contribution in [3.63, 3.8) is 0 Å². The van der Waals surface area contributed by atoms with E-state index in [-0.39, 0.29) is 23.2 Å². The van der Waals surface area contributed by atoms with Crippen LogP contribution in [0.1, 0.15) is 26.3 Å². The molecule has 0 aliphatic carbocycles. The molecule has 0 heterocycles. The lowest BCUT2D eigenvalue weighted by Crippen LogP contribution is -2.83. The number of halogens is 1. The first-order valence-electron chi connectivity index (χ1n) is 6.96. The number of hydrogen-bond acceptors (Lipinski definition) is 4. The lowest BCUT2D eigenvalue weighted by atomic mass is 10.0. The highest BCUT2D eigenvalue weighted by atomic mass is 79.9. The zero-order chi connectivity index (χ0) is 17.6. The summed E-state index contributed by atoms with van der Waals surface area (Å²) in [4.78, 5) is 24.8. The summed E-state index contributed by atoms with van der Waals surface area (Å²) in [7, 11) is 0. The molecule has 0 aromatic heterocycles. The fourth-order valence-corrected chi connectivity index (χ4v) is 2.19. The molecule has 1 aromatic carbocycles. The third-order valence-corrected chi connectivity index (χ3v) is 3.36. The summed E-state index contributed by atoms with van der Waals surface area (Å²) < 4.78 is 5.26. The summed E-state index contributed by atoms with van der Waals surface area (Å²) in [6, 6.07) is 5.20. The van der Waals surface area contributed by atoms with Crippen molar-refractivity contribution in [2.45, 2.75) is 38.8 Å². The van der Waals surface area contributed by atoms with E-state index in [2.05, 4.69) is 20.9 Å². The van der Waals surface area contributed by atoms with E-state index in [0.717, 1.165) is 5.56 Å². The van der Waals surface area contributed by atoms with Crippen molar-refractivity contribution in [3.05, 3.63) is 39.9 Å². The Bertz CT molecular complexity index is 593. The van der Waals surface area contributed by atoms with Gasteiger partial charge in [0.15, 0.2) is 0 Å². The van der Waals surface area contributed by atoms with Crippen molar-refractivity contribution >= 4 is 33.5 Å². The van der Waals surface area contributed by atoms with E-state index in [0.29, 0.717) is 0 Å². The zero-order valence-corrected chi connectivity index (χ0v) is 14.8. The number of nitrogens with zero attached hydrogens (tertiary/aromatic N) is 1. The number of Topliss-reactive ketones (excluding diaryl/α,β-unsaturated/α-hetero) is 1. The summed E-state index contributed by atoms with van der Waals surface area (Å²) in [5.74, 6) is -0.174. The Morgan fingerprint density at radius 3 is 2.39 bits per heavy atom. The van der Waals surface area contributed by atoms with E-state index in [4.69, 9.17) is 4.74 Å². The van der Waals surface area contributed by atoms with Crippen molar-refractivity contribution in [1.29, 1.82) is 0 Å². The summed E-state index contributed by atoms with van der Waals surface area (Å²) in [5, 5.41) is 20.6. The molecule has 0 saturated heterocycles. The van der Waals surface area contributed by atoms with Gasteiger partial charge in [0.05, 0.1) is 10.3 Å². The standard InChI is InChI=1S/C15H19BrN2O5/c1-15(2,3)23-14(20)17-12(13(19)9-16)8-10-4-6-11(7-5-10)18(21)22/h4-7,12H,8-9H2,1-3H3,(H,17,20)/p+1/t12-/m0/s1. The minimum atomic E-state index is -0.710. The van der Waals surface area contributed by atoms with Crippen molar-refractivity contribution < 1.29 is 24.6 Å². The van der Waals surface area contributed by atoms with Gasteiger partial charge in [-0.3, -0.25) is 14.9 Å². The number of ketones is 1. The van der Waals surface area contributed by atoms with Crippen LogP contribution in [0.25, 0.3) is 0 Å². The first kappa shape index (κ1) is 19.1. The van der Waals surface area contributed by atoms with E-state index in [9.17, 15) is 20.0 Å². The number of non-ortho nitro benzene ring substituents is 1. The first-order chi connectivity index (χ1) is 10.6. The fourth-order valence-electron chi connectivity index (χ4n) is 1.80. The van der Waals surface area contributed by atoms with Crippen LogP contribution in [0.15, 0.2) is 24.3 Å². The van der Waals surface area contributed by atoms with Gasteiger partial charge in [-0.05, 0) is 26.3 Å². The van der Waals surface area contributed by atoms with Gasteiger partial charge in [-0.2, -0.15) is 4.99 Å². The quantitative estimate of drug-likeness (QED) is 0.251. The van der Waals surface area contributed by atoms with Crippen LogP contribution >= 0.6 is 15.9 Å². The number of carbonyl (C=O) groups is 1. The lowest BCUT2D eigenvalue weighted by molar-refractivity contribution is -0.507. The van der Waals surface area contributed by atoms with Gasteiger partial charge in [0.2, 0.25) is 11.8 Å². The van der Waals surface area contributed by atoms with E-state index in [1.54, 1.807) is 32.9 Å². The van der Waals surface area contributed by atoms with Crippen LogP contribution < -0.4 is 4.99 Å². The lowest BCUT2D eigenvalue weighted by Gasteiger charge is -2.16. The van der Waals surface area contributed by atoms with Gasteiger partial charge in [0.1, 0.15) is 5.60 Å². The van der Waals surface area contributed by atoms with Gasteiger partial charge >= 0.3 is 6.08 Å². The summed E-state index contributed by atoms with van der Waals surface area (Å²) in [6.07, 6.45) is -0.168. The third-order valence-electron chi connectivity index (χ3n) is 2.81. The Morgan fingerprint density at radius 2 is 1.96 bits per heavy atom.